The molecule has 0 amide bonds. The summed E-state index contributed by atoms with van der Waals surface area (Å²) in [6, 6.07) is 10.9. The van der Waals surface area contributed by atoms with Gasteiger partial charge >= 0.3 is 12.1 Å². The minimum Gasteiger partial charge on any atom is -0.471 e. The molecule has 2 heterocycles. The molecule has 4 nitrogen and oxygen atoms in total. The van der Waals surface area contributed by atoms with Crippen molar-refractivity contribution in [2.24, 2.45) is 0 Å². The highest BCUT2D eigenvalue weighted by Gasteiger charge is 2.35. The van der Waals surface area contributed by atoms with Gasteiger partial charge < -0.3 is 5.11 Å². The van der Waals surface area contributed by atoms with E-state index < -0.39 is 12.1 Å². The van der Waals surface area contributed by atoms with Gasteiger partial charge in [-0.05, 0) is 0 Å². The van der Waals surface area contributed by atoms with Gasteiger partial charge in [0.1, 0.15) is 0 Å². The number of aromatic nitrogens is 2. The van der Waals surface area contributed by atoms with E-state index in [1.54, 1.807) is 58.2 Å². The zero-order valence-electron chi connectivity index (χ0n) is 8.60. The van der Waals surface area contributed by atoms with Gasteiger partial charge in [-0.3, -0.25) is 0 Å². The summed E-state index contributed by atoms with van der Waals surface area (Å²) in [7, 11) is 0. The third-order valence-corrected chi connectivity index (χ3v) is 2.26. The lowest BCUT2D eigenvalue weighted by atomic mass is 10.4. The SMILES string of the molecule is O=C(O)C([n+]1ccccc1)[n+]1ccccc1. The zero-order chi connectivity index (χ0) is 11.4. The van der Waals surface area contributed by atoms with E-state index in [1.165, 1.54) is 0 Å². The maximum atomic E-state index is 11.3. The number of rotatable bonds is 3. The Kier molecular flexibility index (Phi) is 2.91. The summed E-state index contributed by atoms with van der Waals surface area (Å²) in [5.41, 5.74) is 0. The molecule has 16 heavy (non-hydrogen) atoms. The molecule has 1 N–H and O–H groups in total. The lowest BCUT2D eigenvalue weighted by molar-refractivity contribution is -0.929. The van der Waals surface area contributed by atoms with E-state index in [1.807, 2.05) is 12.1 Å². The summed E-state index contributed by atoms with van der Waals surface area (Å²) in [6.45, 7) is 0. The second kappa shape index (κ2) is 4.53. The standard InChI is InChI=1S/C12H11N2O2/c15-12(16)11(13-7-3-1-4-8-13)14-9-5-2-6-10-14/h1-11H/q+1/p+1. The van der Waals surface area contributed by atoms with Crippen LogP contribution < -0.4 is 9.13 Å². The molecule has 0 fully saturated rings. The Bertz CT molecular complexity index is 431. The van der Waals surface area contributed by atoms with Crippen LogP contribution in [-0.2, 0) is 4.79 Å². The number of hydrogen-bond donors (Lipinski definition) is 1. The predicted octanol–water partition coefficient (Wildman–Crippen LogP) is 0.393. The topological polar surface area (TPSA) is 45.1 Å². The number of pyridine rings is 2. The van der Waals surface area contributed by atoms with Crippen molar-refractivity contribution in [3.8, 4) is 0 Å². The smallest absolute Gasteiger partial charge is 0.451 e. The van der Waals surface area contributed by atoms with Crippen molar-refractivity contribution in [3.05, 3.63) is 61.2 Å². The molecule has 0 bridgehead atoms. The highest BCUT2D eigenvalue weighted by Crippen LogP contribution is 1.92. The maximum absolute atomic E-state index is 11.3. The first kappa shape index (κ1) is 10.3. The summed E-state index contributed by atoms with van der Waals surface area (Å²) in [6.07, 6.45) is 6.19. The number of hydrogen-bond acceptors (Lipinski definition) is 1. The van der Waals surface area contributed by atoms with E-state index in [9.17, 15) is 9.90 Å². The van der Waals surface area contributed by atoms with E-state index in [4.69, 9.17) is 0 Å². The molecule has 0 atom stereocenters. The molecular weight excluding hydrogens is 204 g/mol. The van der Waals surface area contributed by atoms with Crippen molar-refractivity contribution in [1.29, 1.82) is 0 Å². The second-order valence-electron chi connectivity index (χ2n) is 3.36. The van der Waals surface area contributed by atoms with Gasteiger partial charge in [0.15, 0.2) is 24.8 Å². The normalized spacial score (nSPS) is 10.3. The van der Waals surface area contributed by atoms with Crippen LogP contribution in [0.2, 0.25) is 0 Å². The largest absolute Gasteiger partial charge is 0.471 e. The van der Waals surface area contributed by atoms with Gasteiger partial charge in [-0.25, -0.2) is 4.79 Å². The Balaban J connectivity index is 2.44. The molecule has 2 rings (SSSR count). The Morgan fingerprint density at radius 3 is 1.50 bits per heavy atom. The van der Waals surface area contributed by atoms with Crippen LogP contribution in [0.1, 0.15) is 6.17 Å². The van der Waals surface area contributed by atoms with Crippen LogP contribution in [0.4, 0.5) is 0 Å². The van der Waals surface area contributed by atoms with E-state index in [0.717, 1.165) is 0 Å². The molecular formula is C12H12N2O2+2. The van der Waals surface area contributed by atoms with Gasteiger partial charge in [0, 0.05) is 24.3 Å². The summed E-state index contributed by atoms with van der Waals surface area (Å²) in [5, 5.41) is 9.24. The Hall–Kier alpha value is -2.23. The zero-order valence-corrected chi connectivity index (χ0v) is 8.60. The first-order chi connectivity index (χ1) is 7.79. The van der Waals surface area contributed by atoms with Crippen molar-refractivity contribution < 1.29 is 19.0 Å². The molecule has 0 aliphatic heterocycles. The Labute approximate surface area is 93.0 Å². The molecule has 0 saturated carbocycles. The van der Waals surface area contributed by atoms with Crippen LogP contribution in [0.25, 0.3) is 0 Å². The van der Waals surface area contributed by atoms with Crippen LogP contribution in [-0.4, -0.2) is 11.1 Å². The molecule has 0 radical (unpaired) electrons. The van der Waals surface area contributed by atoms with Crippen LogP contribution in [0, 0.1) is 0 Å². The van der Waals surface area contributed by atoms with Crippen molar-refractivity contribution in [2.45, 2.75) is 6.17 Å². The van der Waals surface area contributed by atoms with Crippen molar-refractivity contribution in [1.82, 2.24) is 0 Å². The second-order valence-corrected chi connectivity index (χ2v) is 3.36. The number of carboxylic acids is 1. The van der Waals surface area contributed by atoms with Crippen LogP contribution in [0.5, 0.6) is 0 Å². The van der Waals surface area contributed by atoms with Crippen molar-refractivity contribution in [2.75, 3.05) is 0 Å². The molecule has 0 aromatic carbocycles. The number of carbonyl (C=O) groups is 1. The maximum Gasteiger partial charge on any atom is 0.451 e. The first-order valence-corrected chi connectivity index (χ1v) is 4.93. The Morgan fingerprint density at radius 2 is 1.19 bits per heavy atom. The molecule has 0 aliphatic carbocycles. The highest BCUT2D eigenvalue weighted by molar-refractivity contribution is 5.67. The number of nitrogens with zero attached hydrogens (tertiary/aromatic N) is 2. The number of aliphatic carboxylic acids is 1. The Morgan fingerprint density at radius 1 is 0.812 bits per heavy atom. The average molecular weight is 216 g/mol. The van der Waals surface area contributed by atoms with Crippen LogP contribution in [0.15, 0.2) is 61.2 Å². The van der Waals surface area contributed by atoms with E-state index >= 15 is 0 Å². The van der Waals surface area contributed by atoms with Gasteiger partial charge in [0.25, 0.3) is 0 Å². The van der Waals surface area contributed by atoms with Gasteiger partial charge in [0.05, 0.1) is 0 Å². The highest BCUT2D eigenvalue weighted by atomic mass is 16.4. The van der Waals surface area contributed by atoms with Crippen molar-refractivity contribution >= 4 is 5.97 Å². The molecule has 2 aromatic rings. The fourth-order valence-corrected chi connectivity index (χ4v) is 1.56. The summed E-state index contributed by atoms with van der Waals surface area (Å²) < 4.78 is 3.28. The lowest BCUT2D eigenvalue weighted by Crippen LogP contribution is -2.60. The van der Waals surface area contributed by atoms with E-state index in [2.05, 4.69) is 0 Å². The third kappa shape index (κ3) is 2.06. The molecule has 0 spiro atoms. The fraction of sp³-hybridized carbons (Fsp3) is 0.0833. The predicted molar refractivity (Wildman–Crippen MR) is 55.3 cm³/mol. The molecule has 0 aliphatic rings. The summed E-state index contributed by atoms with van der Waals surface area (Å²) >= 11 is 0. The molecule has 4 heteroatoms. The third-order valence-electron chi connectivity index (χ3n) is 2.26. The van der Waals surface area contributed by atoms with E-state index in [-0.39, 0.29) is 0 Å². The molecule has 0 saturated heterocycles. The molecule has 2 aromatic heterocycles. The van der Waals surface area contributed by atoms with Crippen LogP contribution >= 0.6 is 0 Å². The average Bonchev–Trinajstić information content (AvgIpc) is 2.31. The van der Waals surface area contributed by atoms with Gasteiger partial charge in [-0.15, -0.1) is 9.13 Å². The molecule has 80 valence electrons. The number of carboxylic acid groups (broad SMARTS) is 1. The van der Waals surface area contributed by atoms with Gasteiger partial charge in [-0.1, -0.05) is 12.1 Å². The van der Waals surface area contributed by atoms with Gasteiger partial charge in [0.2, 0.25) is 0 Å². The lowest BCUT2D eigenvalue weighted by Gasteiger charge is -2.02. The first-order valence-electron chi connectivity index (χ1n) is 4.93. The monoisotopic (exact) mass is 216 g/mol. The summed E-state index contributed by atoms with van der Waals surface area (Å²) in [5.74, 6) is -0.896. The van der Waals surface area contributed by atoms with Gasteiger partial charge in [-0.2, -0.15) is 0 Å². The van der Waals surface area contributed by atoms with E-state index in [0.29, 0.717) is 0 Å². The van der Waals surface area contributed by atoms with Crippen LogP contribution in [0.3, 0.4) is 0 Å². The summed E-state index contributed by atoms with van der Waals surface area (Å²) in [4.78, 5) is 11.3. The quantitative estimate of drug-likeness (QED) is 0.754. The van der Waals surface area contributed by atoms with Crippen molar-refractivity contribution in [3.63, 3.8) is 0 Å². The molecule has 0 unspecified atom stereocenters. The minimum atomic E-state index is -0.896. The fourth-order valence-electron chi connectivity index (χ4n) is 1.56. The minimum absolute atomic E-state index is 0.748.